The molecule has 0 atom stereocenters. The van der Waals surface area contributed by atoms with Crippen LogP contribution in [0.2, 0.25) is 0 Å². The first-order valence-electron chi connectivity index (χ1n) is 4.26. The lowest BCUT2D eigenvalue weighted by Gasteiger charge is -2.04. The fourth-order valence-electron chi connectivity index (χ4n) is 1.12. The second-order valence-electron chi connectivity index (χ2n) is 2.79. The van der Waals surface area contributed by atoms with E-state index in [2.05, 4.69) is 5.32 Å². The Kier molecular flexibility index (Phi) is 3.94. The molecule has 0 radical (unpaired) electrons. The summed E-state index contributed by atoms with van der Waals surface area (Å²) in [5.74, 6) is 0.514. The van der Waals surface area contributed by atoms with Crippen molar-refractivity contribution in [2.24, 2.45) is 0 Å². The molecule has 0 saturated heterocycles. The number of aliphatic hydroxyl groups excluding tert-OH is 1. The third-order valence-corrected chi connectivity index (χ3v) is 1.78. The molecule has 2 N–H and O–H groups in total. The molecule has 0 heterocycles. The molecule has 0 aliphatic rings. The summed E-state index contributed by atoms with van der Waals surface area (Å²) in [5.41, 5.74) is 0.857. The van der Waals surface area contributed by atoms with Crippen LogP contribution in [0.25, 0.3) is 0 Å². The van der Waals surface area contributed by atoms with Gasteiger partial charge < -0.3 is 15.2 Å². The highest BCUT2D eigenvalue weighted by Gasteiger charge is 2.02. The van der Waals surface area contributed by atoms with E-state index in [1.807, 2.05) is 18.2 Å². The largest absolute Gasteiger partial charge is 0.497 e. The standard InChI is InChI=1S/C10H13NO3/c1-14-9-4-2-3-8(5-9)6-10(13)11-7-12/h2-5,12H,6-7H2,1H3,(H,11,13). The first-order chi connectivity index (χ1) is 6.76. The zero-order valence-electron chi connectivity index (χ0n) is 7.99. The van der Waals surface area contributed by atoms with E-state index in [1.54, 1.807) is 13.2 Å². The summed E-state index contributed by atoms with van der Waals surface area (Å²) in [6.07, 6.45) is 0.248. The number of rotatable bonds is 4. The van der Waals surface area contributed by atoms with Crippen molar-refractivity contribution < 1.29 is 14.6 Å². The molecule has 1 amide bonds. The van der Waals surface area contributed by atoms with Gasteiger partial charge >= 0.3 is 0 Å². The van der Waals surface area contributed by atoms with Crippen LogP contribution in [0.4, 0.5) is 0 Å². The molecule has 0 unspecified atom stereocenters. The predicted molar refractivity (Wildman–Crippen MR) is 51.9 cm³/mol. The second-order valence-corrected chi connectivity index (χ2v) is 2.79. The van der Waals surface area contributed by atoms with Crippen molar-refractivity contribution in [3.8, 4) is 5.75 Å². The van der Waals surface area contributed by atoms with Gasteiger partial charge in [0.15, 0.2) is 0 Å². The van der Waals surface area contributed by atoms with Gasteiger partial charge in [0.05, 0.1) is 13.5 Å². The van der Waals surface area contributed by atoms with Gasteiger partial charge in [-0.3, -0.25) is 4.79 Å². The molecule has 0 aromatic heterocycles. The Labute approximate surface area is 82.5 Å². The Morgan fingerprint density at radius 1 is 1.57 bits per heavy atom. The molecule has 0 aliphatic heterocycles. The second kappa shape index (κ2) is 5.24. The number of hydrogen-bond donors (Lipinski definition) is 2. The van der Waals surface area contributed by atoms with Gasteiger partial charge in [0, 0.05) is 0 Å². The number of amides is 1. The summed E-state index contributed by atoms with van der Waals surface area (Å²) < 4.78 is 5.02. The van der Waals surface area contributed by atoms with Crippen molar-refractivity contribution in [1.82, 2.24) is 5.32 Å². The van der Waals surface area contributed by atoms with Crippen molar-refractivity contribution in [2.45, 2.75) is 6.42 Å². The minimum atomic E-state index is -0.331. The molecule has 14 heavy (non-hydrogen) atoms. The van der Waals surface area contributed by atoms with E-state index in [-0.39, 0.29) is 19.1 Å². The van der Waals surface area contributed by atoms with E-state index in [9.17, 15) is 4.79 Å². The highest BCUT2D eigenvalue weighted by Crippen LogP contribution is 2.12. The van der Waals surface area contributed by atoms with Crippen LogP contribution in [0.5, 0.6) is 5.75 Å². The lowest BCUT2D eigenvalue weighted by Crippen LogP contribution is -2.25. The molecule has 0 spiro atoms. The zero-order chi connectivity index (χ0) is 10.4. The molecule has 4 heteroatoms. The summed E-state index contributed by atoms with van der Waals surface area (Å²) in [4.78, 5) is 11.1. The average Bonchev–Trinajstić information content (AvgIpc) is 2.18. The van der Waals surface area contributed by atoms with Gasteiger partial charge in [-0.15, -0.1) is 0 Å². The van der Waals surface area contributed by atoms with E-state index in [4.69, 9.17) is 9.84 Å². The van der Waals surface area contributed by atoms with Gasteiger partial charge in [-0.2, -0.15) is 0 Å². The number of methoxy groups -OCH3 is 1. The SMILES string of the molecule is COc1cccc(CC(=O)NCO)c1. The summed E-state index contributed by atoms with van der Waals surface area (Å²) in [7, 11) is 1.58. The van der Waals surface area contributed by atoms with Crippen molar-refractivity contribution in [2.75, 3.05) is 13.8 Å². The summed E-state index contributed by atoms with van der Waals surface area (Å²) in [6.45, 7) is -0.331. The van der Waals surface area contributed by atoms with Crippen LogP contribution in [0.1, 0.15) is 5.56 Å². The number of aliphatic hydroxyl groups is 1. The van der Waals surface area contributed by atoms with Crippen LogP contribution < -0.4 is 10.1 Å². The van der Waals surface area contributed by atoms with E-state index in [0.717, 1.165) is 11.3 Å². The van der Waals surface area contributed by atoms with Crippen LogP contribution in [0.3, 0.4) is 0 Å². The van der Waals surface area contributed by atoms with Gasteiger partial charge in [-0.25, -0.2) is 0 Å². The highest BCUT2D eigenvalue weighted by molar-refractivity contribution is 5.78. The lowest BCUT2D eigenvalue weighted by atomic mass is 10.1. The van der Waals surface area contributed by atoms with Crippen molar-refractivity contribution in [1.29, 1.82) is 0 Å². The molecule has 1 rings (SSSR count). The summed E-state index contributed by atoms with van der Waals surface area (Å²) in [5, 5.41) is 10.8. The molecule has 1 aromatic rings. The average molecular weight is 195 g/mol. The number of nitrogens with one attached hydrogen (secondary N) is 1. The summed E-state index contributed by atoms with van der Waals surface area (Å²) >= 11 is 0. The van der Waals surface area contributed by atoms with E-state index in [0.29, 0.717) is 0 Å². The quantitative estimate of drug-likeness (QED) is 0.679. The molecular formula is C10H13NO3. The smallest absolute Gasteiger partial charge is 0.226 e. The summed E-state index contributed by atoms with van der Waals surface area (Å²) in [6, 6.07) is 7.25. The number of ether oxygens (including phenoxy) is 1. The Morgan fingerprint density at radius 2 is 2.36 bits per heavy atom. The number of hydrogen-bond acceptors (Lipinski definition) is 3. The van der Waals surface area contributed by atoms with Gasteiger partial charge in [0.25, 0.3) is 0 Å². The monoisotopic (exact) mass is 195 g/mol. The predicted octanol–water partition coefficient (Wildman–Crippen LogP) is 0.304. The first kappa shape index (κ1) is 10.5. The zero-order valence-corrected chi connectivity index (χ0v) is 7.99. The van der Waals surface area contributed by atoms with Crippen LogP contribution in [-0.4, -0.2) is 24.9 Å². The third-order valence-electron chi connectivity index (χ3n) is 1.78. The van der Waals surface area contributed by atoms with Crippen molar-refractivity contribution >= 4 is 5.91 Å². The Morgan fingerprint density at radius 3 is 3.00 bits per heavy atom. The molecule has 0 bridgehead atoms. The van der Waals surface area contributed by atoms with Crippen molar-refractivity contribution in [3.63, 3.8) is 0 Å². The third kappa shape index (κ3) is 3.06. The maximum absolute atomic E-state index is 11.1. The Bertz CT molecular complexity index is 312. The van der Waals surface area contributed by atoms with Crippen LogP contribution >= 0.6 is 0 Å². The van der Waals surface area contributed by atoms with Crippen LogP contribution in [0, 0.1) is 0 Å². The maximum Gasteiger partial charge on any atom is 0.226 e. The van der Waals surface area contributed by atoms with Gasteiger partial charge in [0.1, 0.15) is 12.5 Å². The Balaban J connectivity index is 2.62. The number of benzene rings is 1. The lowest BCUT2D eigenvalue weighted by molar-refractivity contribution is -0.121. The van der Waals surface area contributed by atoms with Gasteiger partial charge in [-0.05, 0) is 17.7 Å². The number of carbonyl (C=O) groups excluding carboxylic acids is 1. The molecule has 76 valence electrons. The molecule has 0 aliphatic carbocycles. The first-order valence-corrected chi connectivity index (χ1v) is 4.26. The number of carbonyl (C=O) groups is 1. The van der Waals surface area contributed by atoms with Gasteiger partial charge in [-0.1, -0.05) is 12.1 Å². The Hall–Kier alpha value is -1.55. The molecule has 0 saturated carbocycles. The highest BCUT2D eigenvalue weighted by atomic mass is 16.5. The molecule has 1 aromatic carbocycles. The van der Waals surface area contributed by atoms with Crippen molar-refractivity contribution in [3.05, 3.63) is 29.8 Å². The minimum Gasteiger partial charge on any atom is -0.497 e. The minimum absolute atomic E-state index is 0.208. The molecule has 0 fully saturated rings. The van der Waals surface area contributed by atoms with E-state index >= 15 is 0 Å². The fraction of sp³-hybridized carbons (Fsp3) is 0.300. The van der Waals surface area contributed by atoms with E-state index < -0.39 is 0 Å². The topological polar surface area (TPSA) is 58.6 Å². The normalized spacial score (nSPS) is 9.57. The van der Waals surface area contributed by atoms with Crippen LogP contribution in [-0.2, 0) is 11.2 Å². The molecule has 4 nitrogen and oxygen atoms in total. The fourth-order valence-corrected chi connectivity index (χ4v) is 1.12. The maximum atomic E-state index is 11.1. The van der Waals surface area contributed by atoms with E-state index in [1.165, 1.54) is 0 Å². The van der Waals surface area contributed by atoms with Crippen LogP contribution in [0.15, 0.2) is 24.3 Å². The van der Waals surface area contributed by atoms with Gasteiger partial charge in [0.2, 0.25) is 5.91 Å². The molecular weight excluding hydrogens is 182 g/mol.